The average Bonchev–Trinajstić information content (AvgIpc) is 3.40. The summed E-state index contributed by atoms with van der Waals surface area (Å²) in [6, 6.07) is 9.08. The Balaban J connectivity index is 0.000000469. The van der Waals surface area contributed by atoms with Crippen LogP contribution < -0.4 is 11.1 Å². The molecule has 1 fully saturated rings. The zero-order valence-electron chi connectivity index (χ0n) is 17.9. The van der Waals surface area contributed by atoms with Crippen LogP contribution in [-0.2, 0) is 22.2 Å². The number of aromatic nitrogens is 1. The lowest BCUT2D eigenvalue weighted by atomic mass is 10.0. The van der Waals surface area contributed by atoms with E-state index in [0.29, 0.717) is 22.5 Å². The first-order valence-corrected chi connectivity index (χ1v) is 10.4. The van der Waals surface area contributed by atoms with Crippen molar-refractivity contribution in [1.82, 2.24) is 10.3 Å². The maximum absolute atomic E-state index is 13.6. The Morgan fingerprint density at radius 1 is 0.971 bits per heavy atom. The predicted molar refractivity (Wildman–Crippen MR) is 116 cm³/mol. The maximum atomic E-state index is 13.6. The molecule has 10 heteroatoms. The first kappa shape index (κ1) is 24.9. The molecule has 0 atom stereocenters. The highest BCUT2D eigenvalue weighted by Gasteiger charge is 2.30. The third kappa shape index (κ3) is 6.66. The maximum Gasteiger partial charge on any atom is 0.416 e. The van der Waals surface area contributed by atoms with Crippen molar-refractivity contribution in [3.8, 4) is 22.5 Å². The van der Waals surface area contributed by atoms with E-state index in [2.05, 4.69) is 10.3 Å². The highest BCUT2D eigenvalue weighted by molar-refractivity contribution is 5.77. The van der Waals surface area contributed by atoms with Crippen LogP contribution >= 0.6 is 0 Å². The minimum atomic E-state index is -4.45. The van der Waals surface area contributed by atoms with Crippen molar-refractivity contribution in [3.63, 3.8) is 0 Å². The van der Waals surface area contributed by atoms with Crippen molar-refractivity contribution in [2.75, 3.05) is 6.54 Å². The number of halogens is 5. The van der Waals surface area contributed by atoms with Crippen molar-refractivity contribution in [2.24, 2.45) is 5.73 Å². The molecule has 2 amide bonds. The smallest absolute Gasteiger partial charge is 0.370 e. The second-order valence-electron chi connectivity index (χ2n) is 7.74. The van der Waals surface area contributed by atoms with Gasteiger partial charge in [0, 0.05) is 42.4 Å². The lowest BCUT2D eigenvalue weighted by Crippen LogP contribution is -2.12. The number of carbonyl (C=O) groups excluding carboxylic acids is 2. The van der Waals surface area contributed by atoms with Crippen molar-refractivity contribution in [1.29, 1.82) is 0 Å². The molecule has 2 aromatic carbocycles. The monoisotopic (exact) mass is 479 g/mol. The van der Waals surface area contributed by atoms with Crippen LogP contribution in [0.5, 0.6) is 0 Å². The topological polar surface area (TPSA) is 88.0 Å². The normalized spacial score (nSPS) is 13.3. The summed E-state index contributed by atoms with van der Waals surface area (Å²) in [6.07, 6.45) is -2.47. The fourth-order valence-electron chi connectivity index (χ4n) is 3.47. The molecular weight excluding hydrogens is 457 g/mol. The number of alkyl halides is 3. The van der Waals surface area contributed by atoms with Crippen LogP contribution in [0.2, 0.25) is 0 Å². The zero-order chi connectivity index (χ0) is 24.9. The molecule has 1 saturated heterocycles. The Morgan fingerprint density at radius 2 is 1.62 bits per heavy atom. The summed E-state index contributed by atoms with van der Waals surface area (Å²) in [4.78, 5) is 24.2. The molecule has 180 valence electrons. The summed E-state index contributed by atoms with van der Waals surface area (Å²) in [6.45, 7) is 0.888. The molecular formula is C24H22F5N3O2. The first-order chi connectivity index (χ1) is 16.0. The quantitative estimate of drug-likeness (QED) is 0.452. The van der Waals surface area contributed by atoms with Crippen molar-refractivity contribution in [2.45, 2.75) is 31.9 Å². The van der Waals surface area contributed by atoms with Gasteiger partial charge in [0.25, 0.3) is 0 Å². The molecule has 0 spiro atoms. The predicted octanol–water partition coefficient (Wildman–Crippen LogP) is 4.96. The number of benzene rings is 2. The highest BCUT2D eigenvalue weighted by atomic mass is 19.4. The zero-order valence-corrected chi connectivity index (χ0v) is 17.9. The number of nitrogens with one attached hydrogen (secondary N) is 2. The van der Waals surface area contributed by atoms with Crippen LogP contribution in [0.1, 0.15) is 30.4 Å². The minimum Gasteiger partial charge on any atom is -0.370 e. The van der Waals surface area contributed by atoms with Crippen LogP contribution in [0.15, 0.2) is 48.5 Å². The van der Waals surface area contributed by atoms with Gasteiger partial charge in [-0.05, 0) is 54.3 Å². The van der Waals surface area contributed by atoms with Gasteiger partial charge in [-0.1, -0.05) is 12.1 Å². The van der Waals surface area contributed by atoms with E-state index in [1.807, 2.05) is 0 Å². The van der Waals surface area contributed by atoms with Crippen molar-refractivity contribution >= 4 is 11.8 Å². The van der Waals surface area contributed by atoms with E-state index in [1.54, 1.807) is 6.07 Å². The molecule has 4 rings (SSSR count). The highest BCUT2D eigenvalue weighted by Crippen LogP contribution is 2.33. The van der Waals surface area contributed by atoms with Gasteiger partial charge in [-0.15, -0.1) is 0 Å². The Morgan fingerprint density at radius 3 is 2.09 bits per heavy atom. The molecule has 0 aliphatic carbocycles. The van der Waals surface area contributed by atoms with Crippen LogP contribution in [0.3, 0.4) is 0 Å². The molecule has 4 N–H and O–H groups in total. The van der Waals surface area contributed by atoms with E-state index in [-0.39, 0.29) is 24.3 Å². The van der Waals surface area contributed by atoms with E-state index < -0.39 is 29.3 Å². The molecule has 0 bridgehead atoms. The van der Waals surface area contributed by atoms with Gasteiger partial charge in [-0.3, -0.25) is 9.59 Å². The molecule has 0 saturated carbocycles. The lowest BCUT2D eigenvalue weighted by molar-refractivity contribution is -0.137. The van der Waals surface area contributed by atoms with Crippen LogP contribution in [0.4, 0.5) is 22.0 Å². The number of nitrogens with two attached hydrogens (primary N) is 1. The molecule has 3 aromatic rings. The molecule has 0 unspecified atom stereocenters. The Hall–Kier alpha value is -3.69. The van der Waals surface area contributed by atoms with Gasteiger partial charge in [0.2, 0.25) is 11.8 Å². The number of carbonyl (C=O) groups is 2. The number of aromatic amines is 1. The van der Waals surface area contributed by atoms with E-state index >= 15 is 0 Å². The number of aryl methyl sites for hydroxylation is 1. The summed E-state index contributed by atoms with van der Waals surface area (Å²) < 4.78 is 65.4. The third-order valence-electron chi connectivity index (χ3n) is 5.12. The second-order valence-corrected chi connectivity index (χ2v) is 7.74. The largest absolute Gasteiger partial charge is 0.416 e. The number of amides is 2. The molecule has 34 heavy (non-hydrogen) atoms. The number of H-pyrrole nitrogens is 1. The molecule has 5 nitrogen and oxygen atoms in total. The third-order valence-corrected chi connectivity index (χ3v) is 5.12. The summed E-state index contributed by atoms with van der Waals surface area (Å²) in [5, 5.41) is 2.68. The Labute approximate surface area is 192 Å². The molecule has 1 aliphatic rings. The fourth-order valence-corrected chi connectivity index (χ4v) is 3.47. The van der Waals surface area contributed by atoms with Gasteiger partial charge < -0.3 is 16.0 Å². The molecule has 1 aliphatic heterocycles. The van der Waals surface area contributed by atoms with Crippen LogP contribution in [-0.4, -0.2) is 23.3 Å². The van der Waals surface area contributed by atoms with E-state index in [9.17, 15) is 31.5 Å². The number of rotatable bonds is 5. The average molecular weight is 479 g/mol. The molecule has 2 heterocycles. The molecule has 0 radical (unpaired) electrons. The lowest BCUT2D eigenvalue weighted by Gasteiger charge is -2.07. The van der Waals surface area contributed by atoms with Crippen molar-refractivity contribution < 1.29 is 31.5 Å². The van der Waals surface area contributed by atoms with Crippen LogP contribution in [0, 0.1) is 11.6 Å². The van der Waals surface area contributed by atoms with E-state index in [0.717, 1.165) is 49.7 Å². The second kappa shape index (κ2) is 10.5. The summed E-state index contributed by atoms with van der Waals surface area (Å²) in [5.41, 5.74) is 6.45. The Kier molecular flexibility index (Phi) is 7.70. The summed E-state index contributed by atoms with van der Waals surface area (Å²) in [5.74, 6) is -1.90. The summed E-state index contributed by atoms with van der Waals surface area (Å²) >= 11 is 0. The number of hydrogen-bond donors (Lipinski definition) is 3. The van der Waals surface area contributed by atoms with Gasteiger partial charge in [-0.2, -0.15) is 13.2 Å². The van der Waals surface area contributed by atoms with Gasteiger partial charge in [0.1, 0.15) is 11.6 Å². The van der Waals surface area contributed by atoms with Gasteiger partial charge in [0.15, 0.2) is 0 Å². The Bertz CT molecular complexity index is 1140. The van der Waals surface area contributed by atoms with Crippen LogP contribution in [0.25, 0.3) is 22.5 Å². The van der Waals surface area contributed by atoms with E-state index in [4.69, 9.17) is 5.73 Å². The SMILES string of the molecule is NC(=O)CCc1cc(-c2ccc(C(F)(F)F)cc2)[nH]c1-c1cc(F)cc(F)c1.O=C1CCCN1. The first-order valence-electron chi connectivity index (χ1n) is 10.4. The van der Waals surface area contributed by atoms with Gasteiger partial charge in [-0.25, -0.2) is 8.78 Å². The number of primary amides is 1. The van der Waals surface area contributed by atoms with Gasteiger partial charge in [0.05, 0.1) is 5.56 Å². The fraction of sp³-hybridized carbons (Fsp3) is 0.250. The summed E-state index contributed by atoms with van der Waals surface area (Å²) in [7, 11) is 0. The van der Waals surface area contributed by atoms with Crippen molar-refractivity contribution in [3.05, 3.63) is 71.3 Å². The van der Waals surface area contributed by atoms with Gasteiger partial charge >= 0.3 is 6.18 Å². The van der Waals surface area contributed by atoms with E-state index in [1.165, 1.54) is 12.1 Å². The minimum absolute atomic E-state index is 0.00903. The standard InChI is InChI=1S/C20H15F5N2O.C4H7NO/c21-15-7-13(8-16(22)10-15)19-12(3-6-18(26)28)9-17(27-19)11-1-4-14(5-2-11)20(23,24)25;6-4-2-1-3-5-4/h1-2,4-5,7-10,27H,3,6H2,(H2,26,28);1-3H2,(H,5,6). The number of hydrogen-bond acceptors (Lipinski definition) is 2. The molecule has 1 aromatic heterocycles.